The second-order valence-electron chi connectivity index (χ2n) is 8.67. The fraction of sp³-hybridized carbons (Fsp3) is 0.200. The Hall–Kier alpha value is -5.18. The number of fused-ring (bicyclic) bond motifs is 2. The first-order valence-corrected chi connectivity index (χ1v) is 11.6. The number of benzene rings is 2. The molecule has 6 rings (SSSR count). The highest BCUT2D eigenvalue weighted by molar-refractivity contribution is 5.89. The third-order valence-corrected chi connectivity index (χ3v) is 6.41. The number of carboxylic acids is 1. The number of hydrogen-bond acceptors (Lipinski definition) is 9. The van der Waals surface area contributed by atoms with E-state index in [1.165, 1.54) is 10.9 Å². The summed E-state index contributed by atoms with van der Waals surface area (Å²) in [7, 11) is 0. The number of piperazine rings is 1. The topological polar surface area (TPSA) is 149 Å². The summed E-state index contributed by atoms with van der Waals surface area (Å²) in [6.07, 6.45) is 1.43. The fourth-order valence-corrected chi connectivity index (χ4v) is 4.61. The van der Waals surface area contributed by atoms with E-state index < -0.39 is 5.97 Å². The number of aliphatic carboxylic acids is 1. The minimum absolute atomic E-state index is 0.222. The first kappa shape index (κ1) is 22.3. The van der Waals surface area contributed by atoms with Crippen LogP contribution in [0.25, 0.3) is 27.9 Å². The van der Waals surface area contributed by atoms with E-state index in [0.29, 0.717) is 60.0 Å². The van der Waals surface area contributed by atoms with Crippen molar-refractivity contribution in [1.29, 1.82) is 5.26 Å². The highest BCUT2D eigenvalue weighted by atomic mass is 16.4. The normalized spacial score (nSPS) is 13.8. The summed E-state index contributed by atoms with van der Waals surface area (Å²) in [5.74, 6) is 0.0148. The Morgan fingerprint density at radius 3 is 2.46 bits per heavy atom. The van der Waals surface area contributed by atoms with E-state index >= 15 is 0 Å². The number of aromatic hydroxyl groups is 1. The van der Waals surface area contributed by atoms with Crippen molar-refractivity contribution in [2.24, 2.45) is 0 Å². The Bertz CT molecular complexity index is 1680. The molecule has 0 radical (unpaired) electrons. The highest BCUT2D eigenvalue weighted by Gasteiger charge is 2.24. The summed E-state index contributed by atoms with van der Waals surface area (Å²) in [6, 6.07) is 16.6. The van der Waals surface area contributed by atoms with Crippen LogP contribution in [0.15, 0.2) is 54.9 Å². The number of imidazole rings is 1. The third-order valence-electron chi connectivity index (χ3n) is 6.41. The average molecular weight is 496 g/mol. The molecule has 2 N–H and O–H groups in total. The van der Waals surface area contributed by atoms with E-state index in [2.05, 4.69) is 21.1 Å². The standard InChI is InChI=1S/C25H21N9O3/c26-13-19-18-3-1-2-4-20(18)34(30-19)24-22-23(33(15-27-22)14-21(36)37)28-25(29-24)32-11-9-31(10-12-32)16-5-7-17(35)8-6-16/h1-8,15,35H,9-12,14H2,(H,36,37). The monoisotopic (exact) mass is 495 g/mol. The second kappa shape index (κ2) is 8.80. The van der Waals surface area contributed by atoms with Gasteiger partial charge in [0.25, 0.3) is 0 Å². The third kappa shape index (κ3) is 3.92. The van der Waals surface area contributed by atoms with Crippen molar-refractivity contribution in [3.63, 3.8) is 0 Å². The molecule has 0 unspecified atom stereocenters. The van der Waals surface area contributed by atoms with Crippen LogP contribution >= 0.6 is 0 Å². The van der Waals surface area contributed by atoms with Gasteiger partial charge in [-0.2, -0.15) is 20.3 Å². The molecule has 1 aliphatic rings. The van der Waals surface area contributed by atoms with Crippen LogP contribution < -0.4 is 9.80 Å². The molecule has 3 aromatic heterocycles. The Kier molecular flexibility index (Phi) is 5.30. The number of phenols is 1. The number of carbonyl (C=O) groups is 1. The largest absolute Gasteiger partial charge is 0.508 e. The quantitative estimate of drug-likeness (QED) is 0.371. The molecule has 0 spiro atoms. The predicted molar refractivity (Wildman–Crippen MR) is 135 cm³/mol. The Labute approximate surface area is 210 Å². The van der Waals surface area contributed by atoms with Gasteiger partial charge in [-0.3, -0.25) is 4.79 Å². The molecule has 2 aromatic carbocycles. The number of phenolic OH excluding ortho intramolecular Hbond substituents is 1. The van der Waals surface area contributed by atoms with Crippen LogP contribution in [0.3, 0.4) is 0 Å². The van der Waals surface area contributed by atoms with Crippen molar-refractivity contribution < 1.29 is 15.0 Å². The van der Waals surface area contributed by atoms with E-state index in [4.69, 9.17) is 9.97 Å². The molecule has 37 heavy (non-hydrogen) atoms. The first-order valence-electron chi connectivity index (χ1n) is 11.6. The summed E-state index contributed by atoms with van der Waals surface area (Å²) in [5.41, 5.74) is 2.74. The summed E-state index contributed by atoms with van der Waals surface area (Å²) < 4.78 is 3.04. The van der Waals surface area contributed by atoms with Crippen molar-refractivity contribution in [3.05, 3.63) is 60.6 Å². The number of anilines is 2. The van der Waals surface area contributed by atoms with Gasteiger partial charge >= 0.3 is 5.97 Å². The summed E-state index contributed by atoms with van der Waals surface area (Å²) in [6.45, 7) is 2.37. The van der Waals surface area contributed by atoms with Crippen LogP contribution in [0, 0.1) is 11.3 Å². The molecule has 0 bridgehead atoms. The minimum atomic E-state index is -1.01. The van der Waals surface area contributed by atoms with E-state index in [1.54, 1.807) is 16.8 Å². The molecule has 184 valence electrons. The fourth-order valence-electron chi connectivity index (χ4n) is 4.61. The van der Waals surface area contributed by atoms with E-state index in [0.717, 1.165) is 5.69 Å². The molecule has 0 atom stereocenters. The summed E-state index contributed by atoms with van der Waals surface area (Å²) in [4.78, 5) is 29.7. The van der Waals surface area contributed by atoms with E-state index in [9.17, 15) is 20.3 Å². The Morgan fingerprint density at radius 1 is 1.00 bits per heavy atom. The smallest absolute Gasteiger partial charge is 0.323 e. The zero-order chi connectivity index (χ0) is 25.5. The molecule has 12 nitrogen and oxygen atoms in total. The minimum Gasteiger partial charge on any atom is -0.508 e. The molecule has 5 aromatic rings. The van der Waals surface area contributed by atoms with Crippen molar-refractivity contribution >= 4 is 39.7 Å². The van der Waals surface area contributed by atoms with Crippen LogP contribution in [0.1, 0.15) is 5.69 Å². The van der Waals surface area contributed by atoms with E-state index in [-0.39, 0.29) is 18.0 Å². The summed E-state index contributed by atoms with van der Waals surface area (Å²) in [5, 5.41) is 33.8. The molecule has 1 aliphatic heterocycles. The molecule has 0 aliphatic carbocycles. The number of rotatable bonds is 5. The van der Waals surface area contributed by atoms with Gasteiger partial charge in [0.1, 0.15) is 18.4 Å². The Balaban J connectivity index is 1.43. The number of aromatic nitrogens is 6. The highest BCUT2D eigenvalue weighted by Crippen LogP contribution is 2.28. The molecule has 4 heterocycles. The SMILES string of the molecule is N#Cc1nn(-c2nc(N3CCN(c4ccc(O)cc4)CC3)nc3c2ncn3CC(=O)O)c2ccccc12. The van der Waals surface area contributed by atoms with Gasteiger partial charge in [0.05, 0.1) is 11.8 Å². The second-order valence-corrected chi connectivity index (χ2v) is 8.67. The molecule has 1 fully saturated rings. The van der Waals surface area contributed by atoms with Crippen LogP contribution in [0.5, 0.6) is 5.75 Å². The molecule has 1 saturated heterocycles. The predicted octanol–water partition coefficient (Wildman–Crippen LogP) is 2.15. The van der Waals surface area contributed by atoms with Crippen LogP contribution in [-0.2, 0) is 11.3 Å². The maximum atomic E-state index is 11.5. The zero-order valence-corrected chi connectivity index (χ0v) is 19.6. The maximum absolute atomic E-state index is 11.5. The zero-order valence-electron chi connectivity index (χ0n) is 19.6. The number of nitriles is 1. The number of nitrogens with zero attached hydrogens (tertiary/aromatic N) is 9. The lowest BCUT2D eigenvalue weighted by atomic mass is 10.2. The van der Waals surface area contributed by atoms with Crippen molar-refractivity contribution in [2.75, 3.05) is 36.0 Å². The van der Waals surface area contributed by atoms with Gasteiger partial charge in [-0.1, -0.05) is 12.1 Å². The van der Waals surface area contributed by atoms with Gasteiger partial charge in [-0.05, 0) is 36.4 Å². The van der Waals surface area contributed by atoms with Gasteiger partial charge < -0.3 is 24.6 Å². The molecular weight excluding hydrogens is 474 g/mol. The van der Waals surface area contributed by atoms with Crippen LogP contribution in [-0.4, -0.2) is 71.7 Å². The molecular formula is C25H21N9O3. The van der Waals surface area contributed by atoms with Crippen LogP contribution in [0.2, 0.25) is 0 Å². The number of carboxylic acid groups (broad SMARTS) is 1. The van der Waals surface area contributed by atoms with Crippen molar-refractivity contribution in [1.82, 2.24) is 29.3 Å². The van der Waals surface area contributed by atoms with Crippen LogP contribution in [0.4, 0.5) is 11.6 Å². The van der Waals surface area contributed by atoms with Crippen molar-refractivity contribution in [2.45, 2.75) is 6.54 Å². The average Bonchev–Trinajstić information content (AvgIpc) is 3.50. The molecule has 0 saturated carbocycles. The number of para-hydroxylation sites is 1. The molecule has 0 amide bonds. The van der Waals surface area contributed by atoms with Gasteiger partial charge in [0, 0.05) is 37.3 Å². The lowest BCUT2D eigenvalue weighted by Gasteiger charge is -2.36. The van der Waals surface area contributed by atoms with Gasteiger partial charge in [-0.15, -0.1) is 0 Å². The maximum Gasteiger partial charge on any atom is 0.323 e. The molecule has 12 heteroatoms. The van der Waals surface area contributed by atoms with Gasteiger partial charge in [0.2, 0.25) is 5.95 Å². The van der Waals surface area contributed by atoms with Crippen molar-refractivity contribution in [3.8, 4) is 17.6 Å². The van der Waals surface area contributed by atoms with Gasteiger partial charge in [0.15, 0.2) is 22.7 Å². The Morgan fingerprint density at radius 2 is 1.73 bits per heavy atom. The lowest BCUT2D eigenvalue weighted by Crippen LogP contribution is -2.47. The lowest BCUT2D eigenvalue weighted by molar-refractivity contribution is -0.137. The summed E-state index contributed by atoms with van der Waals surface area (Å²) >= 11 is 0. The van der Waals surface area contributed by atoms with E-state index in [1.807, 2.05) is 41.3 Å². The first-order chi connectivity index (χ1) is 18.0. The van der Waals surface area contributed by atoms with Gasteiger partial charge in [-0.25, -0.2) is 9.67 Å². The number of hydrogen-bond donors (Lipinski definition) is 2.